The minimum absolute atomic E-state index is 0.165. The molecule has 0 bridgehead atoms. The Kier molecular flexibility index (Phi) is 3.46. The van der Waals surface area contributed by atoms with Crippen molar-refractivity contribution in [3.63, 3.8) is 0 Å². The molecule has 1 aliphatic heterocycles. The van der Waals surface area contributed by atoms with Gasteiger partial charge in [0.1, 0.15) is 5.82 Å². The molecule has 7 nitrogen and oxygen atoms in total. The maximum Gasteiger partial charge on any atom is 0.178 e. The molecule has 0 spiro atoms. The topological polar surface area (TPSA) is 73.6 Å². The number of anilines is 1. The van der Waals surface area contributed by atoms with Gasteiger partial charge in [0.2, 0.25) is 0 Å². The first kappa shape index (κ1) is 13.9. The van der Waals surface area contributed by atoms with E-state index in [1.807, 2.05) is 16.6 Å². The number of ether oxygens (including phenoxy) is 2. The van der Waals surface area contributed by atoms with E-state index in [4.69, 9.17) is 9.47 Å². The second kappa shape index (κ2) is 5.48. The van der Waals surface area contributed by atoms with Gasteiger partial charge in [0.15, 0.2) is 11.5 Å². The van der Waals surface area contributed by atoms with E-state index in [0.717, 1.165) is 49.9 Å². The Morgan fingerprint density at radius 3 is 2.86 bits per heavy atom. The van der Waals surface area contributed by atoms with Crippen LogP contribution in [0.15, 0.2) is 12.1 Å². The molecule has 1 aliphatic carbocycles. The Morgan fingerprint density at radius 2 is 2.14 bits per heavy atom. The lowest BCUT2D eigenvalue weighted by Gasteiger charge is -2.36. The lowest BCUT2D eigenvalue weighted by atomic mass is 9.94. The summed E-state index contributed by atoms with van der Waals surface area (Å²) in [5, 5.41) is 16.5. The largest absolute Gasteiger partial charge is 0.381 e. The van der Waals surface area contributed by atoms with E-state index in [0.29, 0.717) is 5.92 Å². The van der Waals surface area contributed by atoms with E-state index in [2.05, 4.69) is 20.6 Å². The van der Waals surface area contributed by atoms with Crippen LogP contribution in [-0.2, 0) is 9.47 Å². The summed E-state index contributed by atoms with van der Waals surface area (Å²) in [5.74, 6) is 2.34. The summed E-state index contributed by atoms with van der Waals surface area (Å²) < 4.78 is 13.0. The molecule has 0 amide bonds. The van der Waals surface area contributed by atoms with E-state index in [-0.39, 0.29) is 5.60 Å². The molecule has 1 N–H and O–H groups in total. The highest BCUT2D eigenvalue weighted by atomic mass is 16.5. The average molecular weight is 303 g/mol. The summed E-state index contributed by atoms with van der Waals surface area (Å²) in [5.41, 5.74) is 0.640. The molecule has 0 aromatic carbocycles. The van der Waals surface area contributed by atoms with Gasteiger partial charge in [-0.3, -0.25) is 0 Å². The van der Waals surface area contributed by atoms with Gasteiger partial charge in [-0.2, -0.15) is 4.52 Å². The number of hydrogen-bond acceptors (Lipinski definition) is 6. The average Bonchev–Trinajstić information content (AvgIpc) is 3.33. The second-order valence-electron chi connectivity index (χ2n) is 6.17. The maximum atomic E-state index is 5.74. The quantitative estimate of drug-likeness (QED) is 0.904. The van der Waals surface area contributed by atoms with Gasteiger partial charge in [-0.1, -0.05) is 0 Å². The normalized spacial score (nSPS) is 21.1. The zero-order valence-corrected chi connectivity index (χ0v) is 12.8. The molecule has 2 fully saturated rings. The van der Waals surface area contributed by atoms with Crippen LogP contribution in [0.25, 0.3) is 5.65 Å². The first-order chi connectivity index (χ1) is 10.8. The van der Waals surface area contributed by atoms with Gasteiger partial charge < -0.3 is 14.8 Å². The summed E-state index contributed by atoms with van der Waals surface area (Å²) in [6.07, 6.45) is 4.18. The standard InChI is InChI=1S/C15H21N5O2/c1-21-15(6-8-22-9-7-15)10-16-12-4-5-13-17-18-14(11-2-3-11)20(13)19-12/h4-5,11H,2-3,6-10H2,1H3,(H,16,19). The monoisotopic (exact) mass is 303 g/mol. The zero-order valence-electron chi connectivity index (χ0n) is 12.8. The molecule has 7 heteroatoms. The highest BCUT2D eigenvalue weighted by Crippen LogP contribution is 2.38. The van der Waals surface area contributed by atoms with Gasteiger partial charge in [0, 0.05) is 45.6 Å². The maximum absolute atomic E-state index is 5.74. The van der Waals surface area contributed by atoms with Gasteiger partial charge >= 0.3 is 0 Å². The van der Waals surface area contributed by atoms with E-state index >= 15 is 0 Å². The van der Waals surface area contributed by atoms with Gasteiger partial charge in [0.05, 0.1) is 5.60 Å². The molecule has 2 aromatic heterocycles. The van der Waals surface area contributed by atoms with Crippen molar-refractivity contribution in [3.8, 4) is 0 Å². The highest BCUT2D eigenvalue weighted by molar-refractivity contribution is 5.44. The molecule has 2 aromatic rings. The lowest BCUT2D eigenvalue weighted by Crippen LogP contribution is -2.44. The van der Waals surface area contributed by atoms with Crippen LogP contribution >= 0.6 is 0 Å². The Hall–Kier alpha value is -1.73. The lowest BCUT2D eigenvalue weighted by molar-refractivity contribution is -0.0807. The Balaban J connectivity index is 1.52. The highest BCUT2D eigenvalue weighted by Gasteiger charge is 2.32. The summed E-state index contributed by atoms with van der Waals surface area (Å²) >= 11 is 0. The molecule has 1 saturated carbocycles. The molecule has 2 aliphatic rings. The minimum atomic E-state index is -0.165. The molecule has 118 valence electrons. The SMILES string of the molecule is COC1(CNc2ccc3nnc(C4CC4)n3n2)CCOCC1. The zero-order chi connectivity index (χ0) is 15.0. The first-order valence-corrected chi connectivity index (χ1v) is 7.89. The van der Waals surface area contributed by atoms with Crippen molar-refractivity contribution in [2.24, 2.45) is 0 Å². The molecule has 0 unspecified atom stereocenters. The van der Waals surface area contributed by atoms with E-state index < -0.39 is 0 Å². The summed E-state index contributed by atoms with van der Waals surface area (Å²) in [4.78, 5) is 0. The Morgan fingerprint density at radius 1 is 1.32 bits per heavy atom. The van der Waals surface area contributed by atoms with Gasteiger partial charge in [0.25, 0.3) is 0 Å². The fraction of sp³-hybridized carbons (Fsp3) is 0.667. The smallest absolute Gasteiger partial charge is 0.178 e. The number of methoxy groups -OCH3 is 1. The van der Waals surface area contributed by atoms with Gasteiger partial charge in [-0.15, -0.1) is 15.3 Å². The molecule has 0 radical (unpaired) electrons. The number of rotatable bonds is 5. The van der Waals surface area contributed by atoms with Crippen LogP contribution in [-0.4, -0.2) is 52.3 Å². The van der Waals surface area contributed by atoms with Crippen LogP contribution in [0.4, 0.5) is 5.82 Å². The van der Waals surface area contributed by atoms with Crippen LogP contribution < -0.4 is 5.32 Å². The predicted molar refractivity (Wildman–Crippen MR) is 81.0 cm³/mol. The van der Waals surface area contributed by atoms with Crippen LogP contribution in [0.2, 0.25) is 0 Å². The van der Waals surface area contributed by atoms with Crippen molar-refractivity contribution >= 4 is 11.5 Å². The van der Waals surface area contributed by atoms with Gasteiger partial charge in [-0.05, 0) is 25.0 Å². The van der Waals surface area contributed by atoms with Crippen molar-refractivity contribution in [1.82, 2.24) is 19.8 Å². The van der Waals surface area contributed by atoms with Crippen molar-refractivity contribution in [2.45, 2.75) is 37.2 Å². The predicted octanol–water partition coefficient (Wildman–Crippen LogP) is 1.61. The van der Waals surface area contributed by atoms with Crippen molar-refractivity contribution < 1.29 is 9.47 Å². The number of nitrogens with zero attached hydrogens (tertiary/aromatic N) is 4. The van der Waals surface area contributed by atoms with E-state index in [1.165, 1.54) is 12.8 Å². The molecule has 22 heavy (non-hydrogen) atoms. The number of aromatic nitrogens is 4. The third-order valence-electron chi connectivity index (χ3n) is 4.66. The third kappa shape index (κ3) is 2.55. The fourth-order valence-corrected chi connectivity index (χ4v) is 2.94. The number of fused-ring (bicyclic) bond motifs is 1. The molecule has 3 heterocycles. The summed E-state index contributed by atoms with van der Waals surface area (Å²) in [7, 11) is 1.77. The van der Waals surface area contributed by atoms with Crippen LogP contribution in [0.5, 0.6) is 0 Å². The van der Waals surface area contributed by atoms with Crippen molar-refractivity contribution in [2.75, 3.05) is 32.2 Å². The minimum Gasteiger partial charge on any atom is -0.381 e. The van der Waals surface area contributed by atoms with E-state index in [1.54, 1.807) is 7.11 Å². The third-order valence-corrected chi connectivity index (χ3v) is 4.66. The number of hydrogen-bond donors (Lipinski definition) is 1. The van der Waals surface area contributed by atoms with Crippen LogP contribution in [0.1, 0.15) is 37.4 Å². The molecule has 1 saturated heterocycles. The molecular weight excluding hydrogens is 282 g/mol. The van der Waals surface area contributed by atoms with E-state index in [9.17, 15) is 0 Å². The Labute approximate surface area is 129 Å². The summed E-state index contributed by atoms with van der Waals surface area (Å²) in [6.45, 7) is 2.23. The van der Waals surface area contributed by atoms with Gasteiger partial charge in [-0.25, -0.2) is 0 Å². The van der Waals surface area contributed by atoms with Crippen molar-refractivity contribution in [3.05, 3.63) is 18.0 Å². The first-order valence-electron chi connectivity index (χ1n) is 7.89. The van der Waals surface area contributed by atoms with Crippen LogP contribution in [0.3, 0.4) is 0 Å². The molecule has 4 rings (SSSR count). The fourth-order valence-electron chi connectivity index (χ4n) is 2.94. The second-order valence-corrected chi connectivity index (χ2v) is 6.17. The van der Waals surface area contributed by atoms with Crippen LogP contribution in [0, 0.1) is 0 Å². The molecular formula is C15H21N5O2. The molecule has 0 atom stereocenters. The number of nitrogens with one attached hydrogen (secondary N) is 1. The van der Waals surface area contributed by atoms with Crippen molar-refractivity contribution in [1.29, 1.82) is 0 Å². The Bertz CT molecular complexity index is 661. The summed E-state index contributed by atoms with van der Waals surface area (Å²) in [6, 6.07) is 3.90.